The molecule has 0 aromatic rings. The van der Waals surface area contributed by atoms with Crippen LogP contribution in [0.15, 0.2) is 12.2 Å². The van der Waals surface area contributed by atoms with Crippen molar-refractivity contribution in [2.75, 3.05) is 19.6 Å². The number of rotatable bonds is 5. The molecule has 14 heavy (non-hydrogen) atoms. The van der Waals surface area contributed by atoms with Crippen LogP contribution in [0.2, 0.25) is 0 Å². The second kappa shape index (κ2) is 5.55. The van der Waals surface area contributed by atoms with Gasteiger partial charge in [-0.2, -0.15) is 0 Å². The first kappa shape index (κ1) is 11.8. The molecule has 0 aromatic heterocycles. The van der Waals surface area contributed by atoms with Crippen LogP contribution < -0.4 is 0 Å². The van der Waals surface area contributed by atoms with Crippen LogP contribution in [0.1, 0.15) is 40.0 Å². The average Bonchev–Trinajstić information content (AvgIpc) is 2.50. The highest BCUT2D eigenvalue weighted by Gasteiger charge is 2.21. The summed E-state index contributed by atoms with van der Waals surface area (Å²) < 4.78 is 0. The van der Waals surface area contributed by atoms with E-state index in [1.165, 1.54) is 44.5 Å². The fourth-order valence-corrected chi connectivity index (χ4v) is 2.44. The van der Waals surface area contributed by atoms with E-state index in [2.05, 4.69) is 32.3 Å². The lowest BCUT2D eigenvalue weighted by atomic mass is 9.94. The van der Waals surface area contributed by atoms with E-state index >= 15 is 0 Å². The van der Waals surface area contributed by atoms with E-state index in [1.807, 2.05) is 0 Å². The Bertz CT molecular complexity index is 184. The molecule has 1 heteroatoms. The van der Waals surface area contributed by atoms with Crippen LogP contribution in [-0.2, 0) is 0 Å². The SMILES string of the molecule is C=C(CC(C)C)CC1CCN(CC)C1. The summed E-state index contributed by atoms with van der Waals surface area (Å²) in [6, 6.07) is 0. The molecule has 1 aliphatic rings. The maximum atomic E-state index is 4.19. The number of allylic oxidation sites excluding steroid dienone is 1. The normalized spacial score (nSPS) is 23.3. The van der Waals surface area contributed by atoms with E-state index < -0.39 is 0 Å². The largest absolute Gasteiger partial charge is 0.303 e. The first-order valence-corrected chi connectivity index (χ1v) is 6.00. The Labute approximate surface area is 89.2 Å². The van der Waals surface area contributed by atoms with E-state index in [-0.39, 0.29) is 0 Å². The van der Waals surface area contributed by atoms with Gasteiger partial charge in [-0.05, 0) is 44.2 Å². The lowest BCUT2D eigenvalue weighted by Gasteiger charge is -2.15. The van der Waals surface area contributed by atoms with Crippen molar-refractivity contribution < 1.29 is 0 Å². The molecular weight excluding hydrogens is 170 g/mol. The van der Waals surface area contributed by atoms with E-state index in [4.69, 9.17) is 0 Å². The monoisotopic (exact) mass is 195 g/mol. The zero-order valence-corrected chi connectivity index (χ0v) is 10.1. The Balaban J connectivity index is 2.22. The van der Waals surface area contributed by atoms with Gasteiger partial charge in [-0.15, -0.1) is 0 Å². The number of hydrogen-bond donors (Lipinski definition) is 0. The number of likely N-dealkylation sites (tertiary alicyclic amines) is 1. The third-order valence-electron chi connectivity index (χ3n) is 3.09. The highest BCUT2D eigenvalue weighted by atomic mass is 15.1. The molecule has 0 saturated carbocycles. The second-order valence-electron chi connectivity index (χ2n) is 5.10. The van der Waals surface area contributed by atoms with Crippen molar-refractivity contribution in [3.8, 4) is 0 Å². The molecule has 1 fully saturated rings. The minimum Gasteiger partial charge on any atom is -0.303 e. The molecule has 0 aliphatic carbocycles. The Morgan fingerprint density at radius 2 is 2.21 bits per heavy atom. The van der Waals surface area contributed by atoms with Gasteiger partial charge in [0.1, 0.15) is 0 Å². The van der Waals surface area contributed by atoms with Gasteiger partial charge in [0.05, 0.1) is 0 Å². The van der Waals surface area contributed by atoms with Crippen molar-refractivity contribution in [1.82, 2.24) is 4.90 Å². The van der Waals surface area contributed by atoms with Crippen molar-refractivity contribution in [2.45, 2.75) is 40.0 Å². The Hall–Kier alpha value is -0.300. The van der Waals surface area contributed by atoms with Gasteiger partial charge in [0.2, 0.25) is 0 Å². The lowest BCUT2D eigenvalue weighted by Crippen LogP contribution is -2.19. The molecule has 1 heterocycles. The molecule has 0 aromatic carbocycles. The Kier molecular flexibility index (Phi) is 4.67. The minimum absolute atomic E-state index is 0.770. The third kappa shape index (κ3) is 3.83. The molecule has 0 N–H and O–H groups in total. The number of hydrogen-bond acceptors (Lipinski definition) is 1. The van der Waals surface area contributed by atoms with Gasteiger partial charge in [-0.25, -0.2) is 0 Å². The van der Waals surface area contributed by atoms with Gasteiger partial charge in [0, 0.05) is 6.54 Å². The molecule has 1 rings (SSSR count). The number of nitrogens with zero attached hydrogens (tertiary/aromatic N) is 1. The maximum Gasteiger partial charge on any atom is 0.00131 e. The fraction of sp³-hybridized carbons (Fsp3) is 0.846. The summed E-state index contributed by atoms with van der Waals surface area (Å²) in [4.78, 5) is 2.55. The predicted octanol–water partition coefficient (Wildman–Crippen LogP) is 3.32. The van der Waals surface area contributed by atoms with E-state index in [0.717, 1.165) is 11.8 Å². The zero-order valence-electron chi connectivity index (χ0n) is 10.1. The molecule has 0 amide bonds. The molecule has 1 unspecified atom stereocenters. The van der Waals surface area contributed by atoms with Crippen LogP contribution in [0, 0.1) is 11.8 Å². The smallest absolute Gasteiger partial charge is 0.00131 e. The highest BCUT2D eigenvalue weighted by molar-refractivity contribution is 4.98. The van der Waals surface area contributed by atoms with Crippen LogP contribution in [0.5, 0.6) is 0 Å². The minimum atomic E-state index is 0.770. The molecule has 1 saturated heterocycles. The van der Waals surface area contributed by atoms with E-state index in [9.17, 15) is 0 Å². The molecule has 0 radical (unpaired) electrons. The second-order valence-corrected chi connectivity index (χ2v) is 5.10. The molecular formula is C13H25N. The van der Waals surface area contributed by atoms with Crippen molar-refractivity contribution in [3.63, 3.8) is 0 Å². The highest BCUT2D eigenvalue weighted by Crippen LogP contribution is 2.25. The van der Waals surface area contributed by atoms with Gasteiger partial charge in [-0.3, -0.25) is 0 Å². The molecule has 0 spiro atoms. The molecule has 1 nitrogen and oxygen atoms in total. The topological polar surface area (TPSA) is 3.24 Å². The van der Waals surface area contributed by atoms with Crippen molar-refractivity contribution in [1.29, 1.82) is 0 Å². The summed E-state index contributed by atoms with van der Waals surface area (Å²) in [5.41, 5.74) is 1.46. The molecule has 1 aliphatic heterocycles. The molecule has 1 atom stereocenters. The van der Waals surface area contributed by atoms with E-state index in [0.29, 0.717) is 0 Å². The van der Waals surface area contributed by atoms with Crippen LogP contribution in [0.4, 0.5) is 0 Å². The van der Waals surface area contributed by atoms with Crippen molar-refractivity contribution in [3.05, 3.63) is 12.2 Å². The van der Waals surface area contributed by atoms with Gasteiger partial charge in [-0.1, -0.05) is 32.9 Å². The van der Waals surface area contributed by atoms with E-state index in [1.54, 1.807) is 0 Å². The Morgan fingerprint density at radius 1 is 1.50 bits per heavy atom. The van der Waals surface area contributed by atoms with Gasteiger partial charge >= 0.3 is 0 Å². The quantitative estimate of drug-likeness (QED) is 0.608. The van der Waals surface area contributed by atoms with Crippen molar-refractivity contribution in [2.24, 2.45) is 11.8 Å². The van der Waals surface area contributed by atoms with Crippen LogP contribution >= 0.6 is 0 Å². The van der Waals surface area contributed by atoms with Crippen LogP contribution in [-0.4, -0.2) is 24.5 Å². The van der Waals surface area contributed by atoms with Gasteiger partial charge in [0.15, 0.2) is 0 Å². The summed E-state index contributed by atoms with van der Waals surface area (Å²) in [5.74, 6) is 1.66. The maximum absolute atomic E-state index is 4.19. The first-order valence-electron chi connectivity index (χ1n) is 6.00. The van der Waals surface area contributed by atoms with Gasteiger partial charge in [0.25, 0.3) is 0 Å². The van der Waals surface area contributed by atoms with Gasteiger partial charge < -0.3 is 4.90 Å². The summed E-state index contributed by atoms with van der Waals surface area (Å²) in [6.07, 6.45) is 3.85. The zero-order chi connectivity index (χ0) is 10.6. The fourth-order valence-electron chi connectivity index (χ4n) is 2.44. The summed E-state index contributed by atoms with van der Waals surface area (Å²) in [7, 11) is 0. The molecule has 82 valence electrons. The van der Waals surface area contributed by atoms with Crippen LogP contribution in [0.25, 0.3) is 0 Å². The third-order valence-corrected chi connectivity index (χ3v) is 3.09. The summed E-state index contributed by atoms with van der Waals surface area (Å²) in [5, 5.41) is 0. The standard InChI is InChI=1S/C13H25N/c1-5-14-7-6-13(10-14)9-12(4)8-11(2)3/h11,13H,4-10H2,1-3H3. The summed E-state index contributed by atoms with van der Waals surface area (Å²) in [6.45, 7) is 14.8. The summed E-state index contributed by atoms with van der Waals surface area (Å²) >= 11 is 0. The van der Waals surface area contributed by atoms with Crippen molar-refractivity contribution >= 4 is 0 Å². The lowest BCUT2D eigenvalue weighted by molar-refractivity contribution is 0.341. The predicted molar refractivity (Wildman–Crippen MR) is 63.4 cm³/mol. The van der Waals surface area contributed by atoms with Crippen LogP contribution in [0.3, 0.4) is 0 Å². The average molecular weight is 195 g/mol. The Morgan fingerprint density at radius 3 is 2.71 bits per heavy atom. The molecule has 0 bridgehead atoms. The first-order chi connectivity index (χ1) is 6.61.